The number of carbonyl (C=O) groups excluding carboxylic acids is 2. The summed E-state index contributed by atoms with van der Waals surface area (Å²) in [5, 5.41) is 11.2. The van der Waals surface area contributed by atoms with Crippen LogP contribution in [-0.4, -0.2) is 105 Å². The standard InChI is InChI=1S/C51H72F2N6O6/c1-3-5-6-7-8-9-10-11-12-13-14-15-16-21-43(61)64-34-65-50(62)59-38-22-23-39(59)32-57(31-38)48-42-29-54-46(41-27-40(60)26-36-20-17-19-35(4-2)44(36)41)45(53)47(42)55-49(56-48)63-33-51-24-18-25-58(51)30-37(52)28-51/h26-27,29,35,37-39,60H,3-25,28,30-34H2,1-2H3/t35?,37-,38-,39+,51+/m1/s1. The van der Waals surface area contributed by atoms with E-state index in [1.165, 1.54) is 64.2 Å². The van der Waals surface area contributed by atoms with Gasteiger partial charge in [-0.3, -0.25) is 19.6 Å². The summed E-state index contributed by atoms with van der Waals surface area (Å²) in [4.78, 5) is 46.3. The van der Waals surface area contributed by atoms with Crippen LogP contribution in [0.1, 0.15) is 172 Å². The molecule has 0 spiro atoms. The van der Waals surface area contributed by atoms with Gasteiger partial charge < -0.3 is 24.2 Å². The molecule has 5 atom stereocenters. The number of anilines is 1. The summed E-state index contributed by atoms with van der Waals surface area (Å²) in [6, 6.07) is 2.98. The molecule has 65 heavy (non-hydrogen) atoms. The summed E-state index contributed by atoms with van der Waals surface area (Å²) in [6.45, 7) is 6.13. The van der Waals surface area contributed by atoms with Crippen molar-refractivity contribution in [2.24, 2.45) is 0 Å². The maximum Gasteiger partial charge on any atom is 0.413 e. The van der Waals surface area contributed by atoms with Crippen molar-refractivity contribution in [2.75, 3.05) is 44.5 Å². The molecular formula is C51H72F2N6O6. The first-order valence-corrected chi connectivity index (χ1v) is 25.3. The van der Waals surface area contributed by atoms with Crippen molar-refractivity contribution >= 4 is 28.8 Å². The molecule has 2 bridgehead atoms. The molecule has 1 aromatic carbocycles. The van der Waals surface area contributed by atoms with Crippen molar-refractivity contribution in [2.45, 2.75) is 191 Å². The third-order valence-corrected chi connectivity index (χ3v) is 15.2. The number of amides is 1. The number of hydrogen-bond acceptors (Lipinski definition) is 11. The molecule has 3 aromatic rings. The minimum absolute atomic E-state index is 0.00580. The van der Waals surface area contributed by atoms with E-state index in [0.29, 0.717) is 49.2 Å². The summed E-state index contributed by atoms with van der Waals surface area (Å²) in [7, 11) is 0. The van der Waals surface area contributed by atoms with E-state index in [-0.39, 0.29) is 53.5 Å². The van der Waals surface area contributed by atoms with Gasteiger partial charge in [-0.15, -0.1) is 0 Å². The zero-order valence-corrected chi connectivity index (χ0v) is 39.0. The fourth-order valence-corrected chi connectivity index (χ4v) is 11.8. The topological polar surface area (TPSA) is 130 Å². The molecule has 1 amide bonds. The predicted molar refractivity (Wildman–Crippen MR) is 248 cm³/mol. The molecule has 12 nitrogen and oxygen atoms in total. The lowest BCUT2D eigenvalue weighted by Gasteiger charge is -2.41. The number of pyridine rings is 1. The number of esters is 1. The minimum atomic E-state index is -0.933. The first kappa shape index (κ1) is 47.2. The molecule has 2 aromatic heterocycles. The van der Waals surface area contributed by atoms with Crippen molar-refractivity contribution in [3.8, 4) is 23.0 Å². The molecule has 14 heteroatoms. The van der Waals surface area contributed by atoms with Crippen molar-refractivity contribution < 1.29 is 37.7 Å². The zero-order chi connectivity index (χ0) is 45.3. The van der Waals surface area contributed by atoms with Gasteiger partial charge in [0.05, 0.1) is 23.0 Å². The van der Waals surface area contributed by atoms with Gasteiger partial charge in [0.25, 0.3) is 0 Å². The van der Waals surface area contributed by atoms with Crippen LogP contribution < -0.4 is 9.64 Å². The van der Waals surface area contributed by atoms with Gasteiger partial charge >= 0.3 is 18.1 Å². The molecule has 4 saturated heterocycles. The third kappa shape index (κ3) is 10.9. The Labute approximate surface area is 384 Å². The summed E-state index contributed by atoms with van der Waals surface area (Å²) in [6.07, 6.45) is 23.7. The number of aromatic nitrogens is 3. The number of halogens is 2. The van der Waals surface area contributed by atoms with E-state index in [4.69, 9.17) is 29.2 Å². The van der Waals surface area contributed by atoms with E-state index < -0.39 is 30.4 Å². The number of rotatable bonds is 22. The number of ether oxygens (including phenoxy) is 3. The van der Waals surface area contributed by atoms with E-state index >= 15 is 4.39 Å². The van der Waals surface area contributed by atoms with Crippen LogP contribution >= 0.6 is 0 Å². The predicted octanol–water partition coefficient (Wildman–Crippen LogP) is 11.1. The van der Waals surface area contributed by atoms with Gasteiger partial charge in [-0.1, -0.05) is 90.9 Å². The second-order valence-electron chi connectivity index (χ2n) is 19.7. The number of nitrogens with zero attached hydrogens (tertiary/aromatic N) is 6. The van der Waals surface area contributed by atoms with Crippen LogP contribution in [0.15, 0.2) is 18.3 Å². The highest BCUT2D eigenvalue weighted by Gasteiger charge is 2.50. The quantitative estimate of drug-likeness (QED) is 0.0587. The number of benzene rings is 1. The van der Waals surface area contributed by atoms with Gasteiger partial charge in [-0.25, -0.2) is 13.6 Å². The van der Waals surface area contributed by atoms with Gasteiger partial charge in [-0.2, -0.15) is 9.97 Å². The van der Waals surface area contributed by atoms with Crippen molar-refractivity contribution in [3.05, 3.63) is 35.3 Å². The number of fused-ring (bicyclic) bond motifs is 5. The molecule has 6 heterocycles. The fraction of sp³-hybridized carbons (Fsp3) is 0.706. The molecule has 4 fully saturated rings. The van der Waals surface area contributed by atoms with Crippen LogP contribution in [0.3, 0.4) is 0 Å². The van der Waals surface area contributed by atoms with E-state index in [9.17, 15) is 19.1 Å². The smallest absolute Gasteiger partial charge is 0.413 e. The minimum Gasteiger partial charge on any atom is -0.508 e. The average Bonchev–Trinajstić information content (AvgIpc) is 3.92. The van der Waals surface area contributed by atoms with Crippen LogP contribution in [0.5, 0.6) is 11.8 Å². The van der Waals surface area contributed by atoms with Crippen LogP contribution in [0.2, 0.25) is 0 Å². The van der Waals surface area contributed by atoms with Crippen LogP contribution in [0.4, 0.5) is 19.4 Å². The molecule has 1 N–H and O–H groups in total. The Kier molecular flexibility index (Phi) is 16.0. The SMILES string of the molecule is CCCCCCCCCCCCCCCC(=O)OCOC(=O)N1[C@@H]2CC[C@H]1CN(c1nc(OC[C@@]34CCCN3C[C@H](F)C4)nc3c(F)c(-c4cc(O)cc5c4C(CC)CCC5)ncc13)C2. The first-order valence-electron chi connectivity index (χ1n) is 25.3. The molecule has 356 valence electrons. The lowest BCUT2D eigenvalue weighted by Crippen LogP contribution is -2.56. The Hall–Kier alpha value is -4.33. The second kappa shape index (κ2) is 22.0. The third-order valence-electron chi connectivity index (χ3n) is 15.2. The number of alkyl halides is 1. The molecule has 0 radical (unpaired) electrons. The van der Waals surface area contributed by atoms with Gasteiger partial charge in [0.15, 0.2) is 5.82 Å². The number of piperazine rings is 1. The lowest BCUT2D eigenvalue weighted by atomic mass is 9.78. The van der Waals surface area contributed by atoms with E-state index in [0.717, 1.165) is 88.3 Å². The normalized spacial score (nSPS) is 23.8. The number of carbonyl (C=O) groups is 2. The second-order valence-corrected chi connectivity index (χ2v) is 19.7. The number of unbranched alkanes of at least 4 members (excludes halogenated alkanes) is 12. The highest BCUT2D eigenvalue weighted by molar-refractivity contribution is 5.92. The van der Waals surface area contributed by atoms with Crippen molar-refractivity contribution in [1.29, 1.82) is 0 Å². The maximum atomic E-state index is 17.3. The molecule has 8 rings (SSSR count). The Bertz CT molecular complexity index is 2100. The number of aromatic hydroxyl groups is 1. The molecular weight excluding hydrogens is 831 g/mol. The van der Waals surface area contributed by atoms with E-state index in [2.05, 4.69) is 23.6 Å². The van der Waals surface area contributed by atoms with Gasteiger partial charge in [0.1, 0.15) is 35.6 Å². The van der Waals surface area contributed by atoms with Crippen LogP contribution in [0, 0.1) is 5.82 Å². The van der Waals surface area contributed by atoms with E-state index in [1.54, 1.807) is 23.2 Å². The Morgan fingerprint density at radius 1 is 0.877 bits per heavy atom. The highest BCUT2D eigenvalue weighted by atomic mass is 19.1. The molecule has 1 aliphatic carbocycles. The molecule has 1 unspecified atom stereocenters. The number of aryl methyl sites for hydroxylation is 1. The van der Waals surface area contributed by atoms with Gasteiger partial charge in [0, 0.05) is 44.2 Å². The van der Waals surface area contributed by atoms with Crippen LogP contribution in [0.25, 0.3) is 22.2 Å². The monoisotopic (exact) mass is 903 g/mol. The van der Waals surface area contributed by atoms with Crippen molar-refractivity contribution in [3.63, 3.8) is 0 Å². The number of phenols is 1. The van der Waals surface area contributed by atoms with Crippen LogP contribution in [-0.2, 0) is 20.7 Å². The molecule has 0 saturated carbocycles. The highest BCUT2D eigenvalue weighted by Crippen LogP contribution is 2.45. The Morgan fingerprint density at radius 3 is 2.29 bits per heavy atom. The summed E-state index contributed by atoms with van der Waals surface area (Å²) in [5.41, 5.74) is 2.34. The summed E-state index contributed by atoms with van der Waals surface area (Å²) in [5.74, 6) is -0.247. The van der Waals surface area contributed by atoms with Gasteiger partial charge in [0.2, 0.25) is 6.79 Å². The summed E-state index contributed by atoms with van der Waals surface area (Å²) < 4.78 is 49.2. The van der Waals surface area contributed by atoms with E-state index in [1.807, 2.05) is 0 Å². The summed E-state index contributed by atoms with van der Waals surface area (Å²) >= 11 is 0. The lowest BCUT2D eigenvalue weighted by molar-refractivity contribution is -0.152. The largest absolute Gasteiger partial charge is 0.508 e. The number of phenolic OH excluding ortho intramolecular Hbond substituents is 1. The Balaban J connectivity index is 0.906. The Morgan fingerprint density at radius 2 is 1.58 bits per heavy atom. The van der Waals surface area contributed by atoms with Crippen molar-refractivity contribution in [1.82, 2.24) is 24.8 Å². The maximum absolute atomic E-state index is 17.3. The molecule has 5 aliphatic rings. The fourth-order valence-electron chi connectivity index (χ4n) is 11.8. The average molecular weight is 903 g/mol. The zero-order valence-electron chi connectivity index (χ0n) is 39.0. The van der Waals surface area contributed by atoms with Gasteiger partial charge in [-0.05, 0) is 93.5 Å². The molecule has 4 aliphatic heterocycles. The number of hydrogen-bond donors (Lipinski definition) is 1. The first-order chi connectivity index (χ1) is 31.7.